The number of nitrogens with one attached hydrogen (secondary N) is 2. The van der Waals surface area contributed by atoms with Crippen molar-refractivity contribution in [1.29, 1.82) is 5.41 Å². The minimum Gasteiger partial charge on any atom is -0.356 e. The summed E-state index contributed by atoms with van der Waals surface area (Å²) in [7, 11) is -1.00. The zero-order valence-corrected chi connectivity index (χ0v) is 25.5. The minimum atomic E-state index is -1.00. The lowest BCUT2D eigenvalue weighted by Gasteiger charge is -2.12. The molecule has 0 bridgehead atoms. The second kappa shape index (κ2) is 17.1. The molecule has 1 aliphatic rings. The molecule has 2 N–H and O–H groups in total. The van der Waals surface area contributed by atoms with Crippen molar-refractivity contribution in [3.05, 3.63) is 122 Å². The number of anilines is 2. The molecule has 0 saturated heterocycles. The predicted molar refractivity (Wildman–Crippen MR) is 171 cm³/mol. The summed E-state index contributed by atoms with van der Waals surface area (Å²) >= 11 is 2.28. The fraction of sp³-hybridized carbons (Fsp3) is 0.212. The molecular formula is C33H37FIN2O2+. The number of hydrogen-bond acceptors (Lipinski definition) is 4. The molecule has 0 radical (unpaired) electrons. The van der Waals surface area contributed by atoms with Gasteiger partial charge in [-0.1, -0.05) is 36.4 Å². The molecule has 0 aromatic heterocycles. The molecule has 3 aromatic rings. The summed E-state index contributed by atoms with van der Waals surface area (Å²) in [5, 5.41) is 10.7. The largest absolute Gasteiger partial charge is 0.356 e. The van der Waals surface area contributed by atoms with E-state index in [2.05, 4.69) is 40.0 Å². The molecule has 0 heterocycles. The van der Waals surface area contributed by atoms with Gasteiger partial charge < -0.3 is 5.32 Å². The van der Waals surface area contributed by atoms with Crippen LogP contribution in [0.4, 0.5) is 15.8 Å². The first kappa shape index (κ1) is 31.7. The van der Waals surface area contributed by atoms with Gasteiger partial charge in [-0.3, -0.25) is 19.4 Å². The third-order valence-corrected chi connectivity index (χ3v) is 6.28. The number of benzene rings is 3. The Morgan fingerprint density at radius 3 is 1.74 bits per heavy atom. The van der Waals surface area contributed by atoms with Gasteiger partial charge in [0, 0.05) is 27.4 Å². The van der Waals surface area contributed by atoms with Gasteiger partial charge in [0.25, 0.3) is 0 Å². The maximum Gasteiger partial charge on any atom is 0.215 e. The average Bonchev–Trinajstić information content (AvgIpc) is 2.85. The summed E-state index contributed by atoms with van der Waals surface area (Å²) in [5.74, 6) is 0.196. The zero-order chi connectivity index (χ0) is 30.2. The molecule has 39 heavy (non-hydrogen) atoms. The van der Waals surface area contributed by atoms with Crippen LogP contribution in [0.25, 0.3) is 0 Å². The van der Waals surface area contributed by atoms with E-state index in [1.807, 2.05) is 88.4 Å². The quantitative estimate of drug-likeness (QED) is 0.170. The number of alkyl halides is 1. The Kier molecular flexibility index (Phi) is 13.9. The molecular weight excluding hydrogens is 602 g/mol. The summed E-state index contributed by atoms with van der Waals surface area (Å²) in [6, 6.07) is 24.2. The number of aryl methyl sites for hydroxylation is 2. The van der Waals surface area contributed by atoms with Crippen LogP contribution in [0, 0.1) is 29.2 Å². The van der Waals surface area contributed by atoms with Crippen molar-refractivity contribution in [3.63, 3.8) is 0 Å². The number of allylic oxidation sites excluding steroid dienone is 4. The Hall–Kier alpha value is -3.52. The highest BCUT2D eigenvalue weighted by molar-refractivity contribution is 14.1. The first-order valence-corrected chi connectivity index (χ1v) is 13.3. The Morgan fingerprint density at radius 1 is 0.872 bits per heavy atom. The lowest BCUT2D eigenvalue weighted by Crippen LogP contribution is -2.11. The van der Waals surface area contributed by atoms with Crippen LogP contribution in [-0.2, 0) is 4.79 Å². The van der Waals surface area contributed by atoms with Crippen molar-refractivity contribution < 1.29 is 15.4 Å². The van der Waals surface area contributed by atoms with Crippen LogP contribution in [0.2, 0.25) is 0 Å². The van der Waals surface area contributed by atoms with Gasteiger partial charge in [-0.2, -0.15) is 0 Å². The van der Waals surface area contributed by atoms with Gasteiger partial charge in [0.2, 0.25) is 5.78 Å². The van der Waals surface area contributed by atoms with Crippen LogP contribution in [0.5, 0.6) is 0 Å². The van der Waals surface area contributed by atoms with Crippen molar-refractivity contribution in [3.8, 4) is 0 Å². The first-order chi connectivity index (χ1) is 18.9. The van der Waals surface area contributed by atoms with Gasteiger partial charge in [-0.15, -0.1) is 0 Å². The fourth-order valence-corrected chi connectivity index (χ4v) is 4.63. The maximum atomic E-state index is 11.5. The van der Waals surface area contributed by atoms with Crippen LogP contribution in [0.1, 0.15) is 50.6 Å². The van der Waals surface area contributed by atoms with Gasteiger partial charge in [0.1, 0.15) is 5.57 Å². The SMILES string of the molecule is CC(=O)C1=C(C)[CH+]C(=N)C=C1C.CC(=O)c1c(C)cc(Nc2ccccc2)cc1C.Ic1ccccc1.[2H]CF. The highest BCUT2D eigenvalue weighted by Gasteiger charge is 2.25. The standard InChI is InChI=1S/C16H17NO.C10H12NO.C6H5I.CH3F/c1-11-9-15(10-12(2)16(11)13(3)18)17-14-7-5-4-6-8-14;1-6-4-9(11)5-7(2)10(6)8(3)12;7-6-4-2-1-3-5-6;1-2/h4-10,17H,1-3H3;4-5,11H,1-3H3;1-5H;1H3/q;+1;;/i;;;1D. The van der Waals surface area contributed by atoms with Crippen LogP contribution in [-0.4, -0.2) is 24.4 Å². The molecule has 0 fully saturated rings. The highest BCUT2D eigenvalue weighted by Crippen LogP contribution is 2.24. The number of carbonyl (C=O) groups excluding carboxylic acids is 2. The van der Waals surface area contributed by atoms with E-state index < -0.39 is 7.15 Å². The lowest BCUT2D eigenvalue weighted by molar-refractivity contribution is -0.113. The summed E-state index contributed by atoms with van der Waals surface area (Å²) in [6.45, 7) is 10.8. The monoisotopic (exact) mass is 640 g/mol. The fourth-order valence-electron chi connectivity index (χ4n) is 4.21. The van der Waals surface area contributed by atoms with Gasteiger partial charge in [0.15, 0.2) is 11.5 Å². The number of halogens is 2. The number of carbonyl (C=O) groups is 2. The summed E-state index contributed by atoms with van der Waals surface area (Å²) in [6.07, 6.45) is 3.42. The predicted octanol–water partition coefficient (Wildman–Crippen LogP) is 9.20. The van der Waals surface area contributed by atoms with Crippen LogP contribution < -0.4 is 5.32 Å². The molecule has 1 aliphatic carbocycles. The number of ketones is 2. The number of hydrogen-bond donors (Lipinski definition) is 2. The Morgan fingerprint density at radius 2 is 1.36 bits per heavy atom. The topological polar surface area (TPSA) is 70.0 Å². The maximum absolute atomic E-state index is 11.5. The lowest BCUT2D eigenvalue weighted by atomic mass is 9.89. The molecule has 204 valence electrons. The van der Waals surface area contributed by atoms with Gasteiger partial charge in [-0.25, -0.2) is 0 Å². The molecule has 0 amide bonds. The van der Waals surface area contributed by atoms with Crippen LogP contribution in [0.3, 0.4) is 0 Å². The number of rotatable bonds is 4. The van der Waals surface area contributed by atoms with E-state index in [0.717, 1.165) is 44.8 Å². The molecule has 0 saturated carbocycles. The van der Waals surface area contributed by atoms with Gasteiger partial charge >= 0.3 is 0 Å². The third-order valence-electron chi connectivity index (χ3n) is 5.57. The van der Waals surface area contributed by atoms with E-state index in [0.29, 0.717) is 5.71 Å². The van der Waals surface area contributed by atoms with Crippen LogP contribution in [0.15, 0.2) is 95.6 Å². The second-order valence-electron chi connectivity index (χ2n) is 8.87. The molecule has 0 atom stereocenters. The normalized spacial score (nSPS) is 12.1. The minimum absolute atomic E-state index is 0.0741. The highest BCUT2D eigenvalue weighted by atomic mass is 127. The Balaban J connectivity index is 0.000000312. The van der Waals surface area contributed by atoms with E-state index in [9.17, 15) is 14.0 Å². The molecule has 0 unspecified atom stereocenters. The molecule has 6 heteroatoms. The van der Waals surface area contributed by atoms with E-state index >= 15 is 0 Å². The second-order valence-corrected chi connectivity index (χ2v) is 10.1. The Labute approximate surface area is 247 Å². The van der Waals surface area contributed by atoms with E-state index in [-0.39, 0.29) is 11.6 Å². The summed E-state index contributed by atoms with van der Waals surface area (Å²) < 4.78 is 16.8. The van der Waals surface area contributed by atoms with Crippen molar-refractivity contribution in [2.75, 3.05) is 12.5 Å². The van der Waals surface area contributed by atoms with Crippen molar-refractivity contribution in [2.45, 2.75) is 41.5 Å². The average molecular weight is 641 g/mol. The van der Waals surface area contributed by atoms with Crippen molar-refractivity contribution in [1.82, 2.24) is 0 Å². The zero-order valence-electron chi connectivity index (χ0n) is 24.4. The summed E-state index contributed by atoms with van der Waals surface area (Å²) in [5.41, 5.74) is 7.93. The van der Waals surface area contributed by atoms with E-state index in [4.69, 9.17) is 6.78 Å². The summed E-state index contributed by atoms with van der Waals surface area (Å²) in [4.78, 5) is 22.7. The van der Waals surface area contributed by atoms with Crippen LogP contribution >= 0.6 is 22.6 Å². The third kappa shape index (κ3) is 11.4. The number of para-hydroxylation sites is 1. The smallest absolute Gasteiger partial charge is 0.215 e. The first-order valence-electron chi connectivity index (χ1n) is 13.0. The van der Waals surface area contributed by atoms with Crippen molar-refractivity contribution in [2.24, 2.45) is 0 Å². The van der Waals surface area contributed by atoms with Gasteiger partial charge in [-0.05, 0) is 105 Å². The van der Waals surface area contributed by atoms with E-state index in [1.54, 1.807) is 26.3 Å². The molecule has 4 nitrogen and oxygen atoms in total. The Bertz CT molecular complexity index is 1330. The van der Waals surface area contributed by atoms with Crippen molar-refractivity contribution >= 4 is 51.2 Å². The van der Waals surface area contributed by atoms with E-state index in [1.165, 1.54) is 3.57 Å². The molecule has 3 aromatic carbocycles. The molecule has 0 spiro atoms. The molecule has 4 rings (SSSR count). The number of Topliss-reactive ketones (excluding diaryl/α,β-unsaturated/α-hetero) is 2. The van der Waals surface area contributed by atoms with Gasteiger partial charge in [0.05, 0.1) is 32.2 Å². The molecule has 0 aliphatic heterocycles.